The first-order valence-electron chi connectivity index (χ1n) is 8.76. The molecule has 2 bridgehead atoms. The molecule has 0 aromatic carbocycles. The number of allylic oxidation sites excluding steroid dienone is 1. The Kier molecular flexibility index (Phi) is 4.78. The summed E-state index contributed by atoms with van der Waals surface area (Å²) in [7, 11) is 0.563. The molecule has 0 spiro atoms. The smallest absolute Gasteiger partial charge is 0.0813 e. The molecule has 0 radical (unpaired) electrons. The van der Waals surface area contributed by atoms with E-state index in [1.165, 1.54) is 0 Å². The highest BCUT2D eigenvalue weighted by Crippen LogP contribution is 2.66. The van der Waals surface area contributed by atoms with E-state index < -0.39 is 10.8 Å². The lowest BCUT2D eigenvalue weighted by Gasteiger charge is -2.40. The molecule has 0 aliphatic heterocycles. The maximum absolute atomic E-state index is 13.0. The summed E-state index contributed by atoms with van der Waals surface area (Å²) >= 11 is 0. The van der Waals surface area contributed by atoms with Crippen LogP contribution in [0.2, 0.25) is 0 Å². The van der Waals surface area contributed by atoms with Crippen molar-refractivity contribution in [3.05, 3.63) is 11.0 Å². The Bertz CT molecular complexity index is 515. The standard InChI is InChI=1S/C18H30O4S/c1-17(2)13-6-7-18(17,16(20)8-13)11-23(21)14-5-4-12(10-19)15(9-14)22-3/h9,12-13,15-16,19-20H,4-8,10-11H2,1-3H3/t12-,13+,15-,16+,18+,23?/m0/s1. The number of ether oxygens (including phenoxy) is 1. The quantitative estimate of drug-likeness (QED) is 0.804. The minimum atomic E-state index is -1.08. The van der Waals surface area contributed by atoms with Crippen molar-refractivity contribution >= 4 is 10.8 Å². The van der Waals surface area contributed by atoms with Gasteiger partial charge in [0.15, 0.2) is 0 Å². The maximum Gasteiger partial charge on any atom is 0.0813 e. The number of aliphatic hydroxyl groups excluding tert-OH is 2. The van der Waals surface area contributed by atoms with Crippen LogP contribution in [-0.4, -0.2) is 46.1 Å². The van der Waals surface area contributed by atoms with Crippen LogP contribution in [0.1, 0.15) is 46.0 Å². The van der Waals surface area contributed by atoms with E-state index in [0.29, 0.717) is 11.7 Å². The van der Waals surface area contributed by atoms with E-state index in [1.54, 1.807) is 7.11 Å². The largest absolute Gasteiger partial charge is 0.396 e. The normalized spacial score (nSPS) is 43.4. The molecule has 0 amide bonds. The third-order valence-corrected chi connectivity index (χ3v) is 8.85. The lowest BCUT2D eigenvalue weighted by atomic mass is 9.70. The van der Waals surface area contributed by atoms with Crippen molar-refractivity contribution in [2.24, 2.45) is 22.7 Å². The summed E-state index contributed by atoms with van der Waals surface area (Å²) in [6, 6.07) is 0. The molecule has 0 aromatic heterocycles. The van der Waals surface area contributed by atoms with Gasteiger partial charge in [-0.05, 0) is 49.5 Å². The van der Waals surface area contributed by atoms with Crippen LogP contribution in [0.15, 0.2) is 11.0 Å². The van der Waals surface area contributed by atoms with Crippen LogP contribution < -0.4 is 0 Å². The molecule has 2 fully saturated rings. The van der Waals surface area contributed by atoms with Gasteiger partial charge >= 0.3 is 0 Å². The van der Waals surface area contributed by atoms with Crippen LogP contribution in [0.25, 0.3) is 0 Å². The number of methoxy groups -OCH3 is 1. The molecule has 5 heteroatoms. The van der Waals surface area contributed by atoms with Gasteiger partial charge in [-0.15, -0.1) is 0 Å². The predicted molar refractivity (Wildman–Crippen MR) is 91.3 cm³/mol. The summed E-state index contributed by atoms with van der Waals surface area (Å²) in [6.07, 6.45) is 6.04. The molecule has 0 heterocycles. The second kappa shape index (κ2) is 6.25. The molecule has 6 atom stereocenters. The number of fused-ring (bicyclic) bond motifs is 2. The number of hydrogen-bond acceptors (Lipinski definition) is 4. The van der Waals surface area contributed by atoms with E-state index in [1.807, 2.05) is 6.08 Å². The zero-order chi connectivity index (χ0) is 16.8. The van der Waals surface area contributed by atoms with Gasteiger partial charge in [0, 0.05) is 46.5 Å². The molecule has 3 aliphatic carbocycles. The van der Waals surface area contributed by atoms with E-state index in [4.69, 9.17) is 4.74 Å². The van der Waals surface area contributed by atoms with E-state index in [2.05, 4.69) is 13.8 Å². The van der Waals surface area contributed by atoms with Crippen LogP contribution in [0.4, 0.5) is 0 Å². The highest BCUT2D eigenvalue weighted by molar-refractivity contribution is 7.89. The third-order valence-electron chi connectivity index (χ3n) is 7.15. The predicted octanol–water partition coefficient (Wildman–Crippen LogP) is 2.22. The lowest BCUT2D eigenvalue weighted by molar-refractivity contribution is 0.0161. The molecule has 132 valence electrons. The van der Waals surface area contributed by atoms with Gasteiger partial charge in [0.1, 0.15) is 0 Å². The molecule has 1 unspecified atom stereocenters. The van der Waals surface area contributed by atoms with Crippen molar-refractivity contribution in [3.8, 4) is 0 Å². The van der Waals surface area contributed by atoms with E-state index in [-0.39, 0.29) is 35.6 Å². The molecular formula is C18H30O4S. The maximum atomic E-state index is 13.0. The zero-order valence-corrected chi connectivity index (χ0v) is 15.3. The van der Waals surface area contributed by atoms with Crippen molar-refractivity contribution in [1.82, 2.24) is 0 Å². The Morgan fingerprint density at radius 3 is 2.65 bits per heavy atom. The van der Waals surface area contributed by atoms with Crippen molar-refractivity contribution in [2.45, 2.75) is 58.2 Å². The Labute approximate surface area is 141 Å². The first kappa shape index (κ1) is 17.6. The summed E-state index contributed by atoms with van der Waals surface area (Å²) < 4.78 is 18.5. The lowest BCUT2D eigenvalue weighted by Crippen LogP contribution is -2.43. The second-order valence-corrected chi connectivity index (χ2v) is 9.67. The summed E-state index contributed by atoms with van der Waals surface area (Å²) in [5.41, 5.74) is -0.147. The minimum Gasteiger partial charge on any atom is -0.396 e. The zero-order valence-electron chi connectivity index (χ0n) is 14.5. The van der Waals surface area contributed by atoms with Crippen molar-refractivity contribution in [3.63, 3.8) is 0 Å². The van der Waals surface area contributed by atoms with Gasteiger partial charge in [-0.3, -0.25) is 4.21 Å². The fourth-order valence-corrected chi connectivity index (χ4v) is 7.24. The minimum absolute atomic E-state index is 0.0611. The van der Waals surface area contributed by atoms with Gasteiger partial charge < -0.3 is 14.9 Å². The van der Waals surface area contributed by atoms with E-state index in [9.17, 15) is 14.4 Å². The molecule has 3 aliphatic rings. The monoisotopic (exact) mass is 342 g/mol. The number of rotatable bonds is 5. The van der Waals surface area contributed by atoms with Gasteiger partial charge in [0.25, 0.3) is 0 Å². The topological polar surface area (TPSA) is 66.8 Å². The van der Waals surface area contributed by atoms with Gasteiger partial charge in [-0.1, -0.05) is 13.8 Å². The molecule has 2 saturated carbocycles. The summed E-state index contributed by atoms with van der Waals surface area (Å²) in [5, 5.41) is 20.0. The third kappa shape index (κ3) is 2.64. The van der Waals surface area contributed by atoms with Crippen LogP contribution in [0.5, 0.6) is 0 Å². The van der Waals surface area contributed by atoms with E-state index in [0.717, 1.165) is 37.0 Å². The van der Waals surface area contributed by atoms with Crippen molar-refractivity contribution in [1.29, 1.82) is 0 Å². The van der Waals surface area contributed by atoms with Gasteiger partial charge in [-0.25, -0.2) is 0 Å². The van der Waals surface area contributed by atoms with Gasteiger partial charge in [0.05, 0.1) is 12.2 Å². The Morgan fingerprint density at radius 2 is 2.13 bits per heavy atom. The second-order valence-electron chi connectivity index (χ2n) is 8.17. The van der Waals surface area contributed by atoms with Crippen LogP contribution in [0, 0.1) is 22.7 Å². The fraction of sp³-hybridized carbons (Fsp3) is 0.889. The van der Waals surface area contributed by atoms with Crippen molar-refractivity contribution in [2.75, 3.05) is 19.5 Å². The highest BCUT2D eigenvalue weighted by atomic mass is 32.2. The molecular weight excluding hydrogens is 312 g/mol. The van der Waals surface area contributed by atoms with Crippen LogP contribution in [-0.2, 0) is 15.5 Å². The molecule has 0 aromatic rings. The molecule has 3 rings (SSSR count). The summed E-state index contributed by atoms with van der Waals surface area (Å²) in [4.78, 5) is 0.939. The van der Waals surface area contributed by atoms with Crippen LogP contribution in [0.3, 0.4) is 0 Å². The van der Waals surface area contributed by atoms with Crippen LogP contribution >= 0.6 is 0 Å². The highest BCUT2D eigenvalue weighted by Gasteiger charge is 2.64. The van der Waals surface area contributed by atoms with E-state index >= 15 is 0 Å². The van der Waals surface area contributed by atoms with Gasteiger partial charge in [-0.2, -0.15) is 0 Å². The summed E-state index contributed by atoms with van der Waals surface area (Å²) in [6.45, 7) is 4.59. The average Bonchev–Trinajstić information content (AvgIpc) is 2.88. The molecule has 2 N–H and O–H groups in total. The summed E-state index contributed by atoms with van der Waals surface area (Å²) in [5.74, 6) is 1.22. The van der Waals surface area contributed by atoms with Crippen molar-refractivity contribution < 1.29 is 19.2 Å². The number of aliphatic hydroxyl groups is 2. The Hall–Kier alpha value is -0.230. The average molecular weight is 343 g/mol. The molecule has 0 saturated heterocycles. The molecule has 4 nitrogen and oxygen atoms in total. The molecule has 23 heavy (non-hydrogen) atoms. The van der Waals surface area contributed by atoms with Gasteiger partial charge in [0.2, 0.25) is 0 Å². The Morgan fingerprint density at radius 1 is 1.39 bits per heavy atom. The SMILES string of the molecule is CO[C@H]1C=C(S(=O)C[C@]23CC[C@H](C[C@H]2O)C3(C)C)CC[C@H]1CO. The first-order chi connectivity index (χ1) is 10.9. The number of hydrogen-bond donors (Lipinski definition) is 2. The first-order valence-corrected chi connectivity index (χ1v) is 10.1. The fourth-order valence-electron chi connectivity index (χ4n) is 5.25. The Balaban J connectivity index is 1.78.